The Bertz CT molecular complexity index is 550. The third-order valence-electron chi connectivity index (χ3n) is 4.15. The molecule has 1 aromatic heterocycles. The SMILES string of the molecule is Cc1nn(C)c(N(C)CC2CCCN2C)c1C=CC(=O)O. The zero-order valence-electron chi connectivity index (χ0n) is 13.2. The van der Waals surface area contributed by atoms with Crippen LogP contribution in [0.1, 0.15) is 24.1 Å². The highest BCUT2D eigenvalue weighted by molar-refractivity contribution is 5.87. The van der Waals surface area contributed by atoms with Gasteiger partial charge in [-0.2, -0.15) is 5.10 Å². The van der Waals surface area contributed by atoms with Crippen molar-refractivity contribution in [1.82, 2.24) is 14.7 Å². The summed E-state index contributed by atoms with van der Waals surface area (Å²) in [7, 11) is 6.10. The van der Waals surface area contributed by atoms with Crippen LogP contribution in [0.15, 0.2) is 6.08 Å². The number of hydrogen-bond acceptors (Lipinski definition) is 4. The molecule has 2 rings (SSSR count). The minimum Gasteiger partial charge on any atom is -0.478 e. The number of likely N-dealkylation sites (tertiary alicyclic amines) is 1. The number of carboxylic acid groups (broad SMARTS) is 1. The second-order valence-corrected chi connectivity index (χ2v) is 5.78. The molecule has 6 heteroatoms. The van der Waals surface area contributed by atoms with Crippen molar-refractivity contribution in [2.45, 2.75) is 25.8 Å². The van der Waals surface area contributed by atoms with E-state index in [4.69, 9.17) is 5.11 Å². The summed E-state index contributed by atoms with van der Waals surface area (Å²) < 4.78 is 1.83. The predicted octanol–water partition coefficient (Wildman–Crippen LogP) is 1.36. The van der Waals surface area contributed by atoms with Crippen LogP contribution in [0.5, 0.6) is 0 Å². The fraction of sp³-hybridized carbons (Fsp3) is 0.600. The molecule has 0 radical (unpaired) electrons. The second kappa shape index (κ2) is 6.30. The van der Waals surface area contributed by atoms with Crippen LogP contribution in [-0.2, 0) is 11.8 Å². The molecule has 1 unspecified atom stereocenters. The van der Waals surface area contributed by atoms with Crippen molar-refractivity contribution in [3.8, 4) is 0 Å². The molecule has 1 aliphatic heterocycles. The van der Waals surface area contributed by atoms with E-state index >= 15 is 0 Å². The number of likely N-dealkylation sites (N-methyl/N-ethyl adjacent to an activating group) is 2. The fourth-order valence-corrected chi connectivity index (χ4v) is 3.08. The first-order valence-electron chi connectivity index (χ1n) is 7.26. The van der Waals surface area contributed by atoms with Crippen molar-refractivity contribution in [3.05, 3.63) is 17.3 Å². The van der Waals surface area contributed by atoms with Crippen molar-refractivity contribution in [1.29, 1.82) is 0 Å². The first-order chi connectivity index (χ1) is 9.90. The number of aliphatic carboxylic acids is 1. The Morgan fingerprint density at radius 1 is 1.52 bits per heavy atom. The zero-order chi connectivity index (χ0) is 15.6. The lowest BCUT2D eigenvalue weighted by Gasteiger charge is -2.27. The summed E-state index contributed by atoms with van der Waals surface area (Å²) in [5, 5.41) is 13.3. The third-order valence-corrected chi connectivity index (χ3v) is 4.15. The molecule has 6 nitrogen and oxygen atoms in total. The van der Waals surface area contributed by atoms with Gasteiger partial charge in [0.05, 0.1) is 5.69 Å². The van der Waals surface area contributed by atoms with E-state index in [1.807, 2.05) is 25.7 Å². The molecule has 1 atom stereocenters. The Hall–Kier alpha value is -1.82. The minimum atomic E-state index is -0.942. The lowest BCUT2D eigenvalue weighted by molar-refractivity contribution is -0.131. The van der Waals surface area contributed by atoms with Crippen LogP contribution >= 0.6 is 0 Å². The standard InChI is InChI=1S/C15H24N4O2/c1-11-13(7-8-14(20)21)15(19(4)16-11)18(3)10-12-6-5-9-17(12)2/h7-8,12H,5-6,9-10H2,1-4H3,(H,20,21). The van der Waals surface area contributed by atoms with Gasteiger partial charge in [-0.3, -0.25) is 4.68 Å². The van der Waals surface area contributed by atoms with Crippen LogP contribution in [0.25, 0.3) is 6.08 Å². The molecule has 2 heterocycles. The normalized spacial score (nSPS) is 19.5. The molecule has 0 spiro atoms. The summed E-state index contributed by atoms with van der Waals surface area (Å²) in [6, 6.07) is 0.543. The molecule has 1 N–H and O–H groups in total. The van der Waals surface area contributed by atoms with Gasteiger partial charge in [0.15, 0.2) is 0 Å². The maximum atomic E-state index is 10.8. The number of carbonyl (C=O) groups is 1. The first-order valence-corrected chi connectivity index (χ1v) is 7.26. The molecule has 0 aromatic carbocycles. The number of rotatable bonds is 5. The van der Waals surface area contributed by atoms with Crippen molar-refractivity contribution < 1.29 is 9.90 Å². The van der Waals surface area contributed by atoms with E-state index < -0.39 is 5.97 Å². The predicted molar refractivity (Wildman–Crippen MR) is 83.5 cm³/mol. The van der Waals surface area contributed by atoms with Gasteiger partial charge in [-0.25, -0.2) is 4.79 Å². The molecule has 0 amide bonds. The number of anilines is 1. The van der Waals surface area contributed by atoms with E-state index in [1.54, 1.807) is 6.08 Å². The third kappa shape index (κ3) is 3.44. The molecule has 1 fully saturated rings. The molecule has 1 aliphatic rings. The second-order valence-electron chi connectivity index (χ2n) is 5.78. The molecule has 0 saturated carbocycles. The Balaban J connectivity index is 2.23. The maximum absolute atomic E-state index is 10.8. The largest absolute Gasteiger partial charge is 0.478 e. The molecule has 116 valence electrons. The van der Waals surface area contributed by atoms with Crippen LogP contribution in [0.2, 0.25) is 0 Å². The van der Waals surface area contributed by atoms with Crippen LogP contribution < -0.4 is 4.90 Å². The van der Waals surface area contributed by atoms with Crippen LogP contribution in [0.4, 0.5) is 5.82 Å². The Morgan fingerprint density at radius 2 is 2.24 bits per heavy atom. The van der Waals surface area contributed by atoms with Gasteiger partial charge < -0.3 is 14.9 Å². The maximum Gasteiger partial charge on any atom is 0.328 e. The molecule has 1 saturated heterocycles. The van der Waals surface area contributed by atoms with Crippen molar-refractivity contribution >= 4 is 17.9 Å². The Kier molecular flexibility index (Phi) is 4.67. The van der Waals surface area contributed by atoms with Gasteiger partial charge in [0.2, 0.25) is 0 Å². The summed E-state index contributed by atoms with van der Waals surface area (Å²) in [5.74, 6) is 0.0210. The highest BCUT2D eigenvalue weighted by atomic mass is 16.4. The topological polar surface area (TPSA) is 61.6 Å². The van der Waals surface area contributed by atoms with Gasteiger partial charge in [-0.15, -0.1) is 0 Å². The average molecular weight is 292 g/mol. The van der Waals surface area contributed by atoms with Gasteiger partial charge in [0, 0.05) is 38.3 Å². The molecule has 1 aromatic rings. The van der Waals surface area contributed by atoms with Gasteiger partial charge in [-0.05, 0) is 39.4 Å². The quantitative estimate of drug-likeness (QED) is 0.830. The molecular weight excluding hydrogens is 268 g/mol. The van der Waals surface area contributed by atoms with Crippen LogP contribution in [-0.4, -0.2) is 59.0 Å². The molecule has 0 aliphatic carbocycles. The minimum absolute atomic E-state index is 0.543. The fourth-order valence-electron chi connectivity index (χ4n) is 3.08. The van der Waals surface area contributed by atoms with Gasteiger partial charge >= 0.3 is 5.97 Å². The first kappa shape index (κ1) is 15.6. The lowest BCUT2D eigenvalue weighted by Crippen LogP contribution is -2.37. The Labute approximate surface area is 125 Å². The van der Waals surface area contributed by atoms with Crippen molar-refractivity contribution in [2.75, 3.05) is 32.1 Å². The molecular formula is C15H24N4O2. The highest BCUT2D eigenvalue weighted by Crippen LogP contribution is 2.25. The van der Waals surface area contributed by atoms with E-state index in [9.17, 15) is 4.79 Å². The monoisotopic (exact) mass is 292 g/mol. The summed E-state index contributed by atoms with van der Waals surface area (Å²) in [5.41, 5.74) is 1.72. The zero-order valence-corrected chi connectivity index (χ0v) is 13.2. The summed E-state index contributed by atoms with van der Waals surface area (Å²) in [4.78, 5) is 15.3. The Morgan fingerprint density at radius 3 is 2.81 bits per heavy atom. The smallest absolute Gasteiger partial charge is 0.328 e. The van der Waals surface area contributed by atoms with E-state index in [-0.39, 0.29) is 0 Å². The average Bonchev–Trinajstić information content (AvgIpc) is 2.90. The molecule has 21 heavy (non-hydrogen) atoms. The molecule has 0 bridgehead atoms. The summed E-state index contributed by atoms with van der Waals surface area (Å²) >= 11 is 0. The van der Waals surface area contributed by atoms with E-state index in [1.165, 1.54) is 18.9 Å². The highest BCUT2D eigenvalue weighted by Gasteiger charge is 2.24. The van der Waals surface area contributed by atoms with Gasteiger partial charge in [0.25, 0.3) is 0 Å². The number of aromatic nitrogens is 2. The lowest BCUT2D eigenvalue weighted by atomic mass is 10.2. The van der Waals surface area contributed by atoms with Gasteiger partial charge in [-0.1, -0.05) is 0 Å². The van der Waals surface area contributed by atoms with Crippen molar-refractivity contribution in [2.24, 2.45) is 7.05 Å². The van der Waals surface area contributed by atoms with E-state index in [0.717, 1.165) is 30.2 Å². The van der Waals surface area contributed by atoms with Gasteiger partial charge in [0.1, 0.15) is 5.82 Å². The number of aryl methyl sites for hydroxylation is 2. The van der Waals surface area contributed by atoms with Crippen LogP contribution in [0.3, 0.4) is 0 Å². The number of nitrogens with zero attached hydrogens (tertiary/aromatic N) is 4. The van der Waals surface area contributed by atoms with Crippen molar-refractivity contribution in [3.63, 3.8) is 0 Å². The number of carboxylic acids is 1. The van der Waals surface area contributed by atoms with E-state index in [0.29, 0.717) is 6.04 Å². The summed E-state index contributed by atoms with van der Waals surface area (Å²) in [6.45, 7) is 3.97. The van der Waals surface area contributed by atoms with E-state index in [2.05, 4.69) is 21.9 Å². The number of hydrogen-bond donors (Lipinski definition) is 1. The summed E-state index contributed by atoms with van der Waals surface area (Å²) in [6.07, 6.45) is 5.25. The van der Waals surface area contributed by atoms with Crippen LogP contribution in [0, 0.1) is 6.92 Å².